The molecule has 0 saturated carbocycles. The summed E-state index contributed by atoms with van der Waals surface area (Å²) >= 11 is 0. The summed E-state index contributed by atoms with van der Waals surface area (Å²) in [5.74, 6) is 0. The lowest BCUT2D eigenvalue weighted by molar-refractivity contribution is 0.239. The molecule has 0 aliphatic heterocycles. The Balaban J connectivity index is 2.91. The lowest BCUT2D eigenvalue weighted by Gasteiger charge is -2.33. The van der Waals surface area contributed by atoms with Crippen LogP contribution in [-0.4, -0.2) is 14.7 Å². The van der Waals surface area contributed by atoms with Crippen LogP contribution >= 0.6 is 0 Å². The molecular formula is C15H27N3O2. The van der Waals surface area contributed by atoms with Crippen LogP contribution < -0.4 is 16.6 Å². The second-order valence-electron chi connectivity index (χ2n) is 7.35. The van der Waals surface area contributed by atoms with Gasteiger partial charge in [0.25, 0.3) is 5.56 Å². The van der Waals surface area contributed by atoms with Crippen molar-refractivity contribution in [3.05, 3.63) is 32.6 Å². The molecule has 20 heavy (non-hydrogen) atoms. The van der Waals surface area contributed by atoms with Crippen LogP contribution in [0.1, 0.15) is 46.7 Å². The largest absolute Gasteiger partial charge is 0.330 e. The minimum absolute atomic E-state index is 0.0601. The Morgan fingerprint density at radius 2 is 1.60 bits per heavy atom. The van der Waals surface area contributed by atoms with E-state index in [0.717, 1.165) is 11.0 Å². The van der Waals surface area contributed by atoms with Crippen LogP contribution in [-0.2, 0) is 20.6 Å². The monoisotopic (exact) mass is 281 g/mol. The summed E-state index contributed by atoms with van der Waals surface area (Å²) in [6.07, 6.45) is 0.999. The average molecular weight is 281 g/mol. The van der Waals surface area contributed by atoms with Gasteiger partial charge in [-0.3, -0.25) is 13.9 Å². The van der Waals surface area contributed by atoms with Gasteiger partial charge in [-0.15, -0.1) is 0 Å². The first kappa shape index (κ1) is 16.7. The van der Waals surface area contributed by atoms with Crippen molar-refractivity contribution in [3.8, 4) is 0 Å². The highest BCUT2D eigenvalue weighted by Crippen LogP contribution is 2.26. The quantitative estimate of drug-likeness (QED) is 0.907. The van der Waals surface area contributed by atoms with E-state index in [9.17, 15) is 9.59 Å². The summed E-state index contributed by atoms with van der Waals surface area (Å²) in [6, 6.07) is 1.52. The Morgan fingerprint density at radius 3 is 2.10 bits per heavy atom. The third kappa shape index (κ3) is 4.34. The average Bonchev–Trinajstić information content (AvgIpc) is 2.26. The highest BCUT2D eigenvalue weighted by atomic mass is 16.2. The molecule has 0 spiro atoms. The number of hydrogen-bond acceptors (Lipinski definition) is 3. The maximum atomic E-state index is 11.9. The van der Waals surface area contributed by atoms with Gasteiger partial charge in [0.2, 0.25) is 0 Å². The molecular weight excluding hydrogens is 254 g/mol. The lowest BCUT2D eigenvalue weighted by atomic mass is 9.82. The standard InChI is InChI=1S/C15H27N3O2/c1-14(2,3)10-15(4,5)16-9-11-8-12(19)18(7)13(20)17(11)6/h8,16H,9-10H2,1-7H3. The molecule has 5 nitrogen and oxygen atoms in total. The van der Waals surface area contributed by atoms with Crippen LogP contribution in [0.25, 0.3) is 0 Å². The van der Waals surface area contributed by atoms with Gasteiger partial charge < -0.3 is 5.32 Å². The van der Waals surface area contributed by atoms with Crippen LogP contribution in [0.2, 0.25) is 0 Å². The van der Waals surface area contributed by atoms with Gasteiger partial charge in [-0.25, -0.2) is 4.79 Å². The zero-order valence-electron chi connectivity index (χ0n) is 13.7. The second-order valence-corrected chi connectivity index (χ2v) is 7.35. The predicted octanol–water partition coefficient (Wildman–Crippen LogP) is 1.39. The maximum absolute atomic E-state index is 11.9. The Kier molecular flexibility index (Phi) is 4.64. The van der Waals surface area contributed by atoms with E-state index >= 15 is 0 Å². The van der Waals surface area contributed by atoms with Crippen LogP contribution in [0.4, 0.5) is 0 Å². The fourth-order valence-electron chi connectivity index (χ4n) is 2.67. The molecule has 0 aliphatic rings. The van der Waals surface area contributed by atoms with E-state index in [1.54, 1.807) is 7.05 Å². The molecule has 1 aromatic heterocycles. The third-order valence-corrected chi connectivity index (χ3v) is 3.35. The molecule has 0 atom stereocenters. The van der Waals surface area contributed by atoms with Crippen molar-refractivity contribution in [2.24, 2.45) is 19.5 Å². The van der Waals surface area contributed by atoms with E-state index < -0.39 is 0 Å². The SMILES string of the molecule is Cn1c(CNC(C)(C)CC(C)(C)C)cc(=O)n(C)c1=O. The molecule has 5 heteroatoms. The molecule has 1 rings (SSSR count). The van der Waals surface area contributed by atoms with Crippen molar-refractivity contribution >= 4 is 0 Å². The van der Waals surface area contributed by atoms with Gasteiger partial charge in [0.1, 0.15) is 0 Å². The fourth-order valence-corrected chi connectivity index (χ4v) is 2.67. The van der Waals surface area contributed by atoms with Crippen molar-refractivity contribution in [3.63, 3.8) is 0 Å². The van der Waals surface area contributed by atoms with E-state index in [0.29, 0.717) is 12.2 Å². The summed E-state index contributed by atoms with van der Waals surface area (Å²) in [4.78, 5) is 23.5. The van der Waals surface area contributed by atoms with Gasteiger partial charge >= 0.3 is 5.69 Å². The molecule has 0 unspecified atom stereocenters. The van der Waals surface area contributed by atoms with E-state index in [-0.39, 0.29) is 22.2 Å². The van der Waals surface area contributed by atoms with Gasteiger partial charge in [0.05, 0.1) is 0 Å². The molecule has 114 valence electrons. The zero-order chi connectivity index (χ0) is 15.7. The van der Waals surface area contributed by atoms with Crippen molar-refractivity contribution < 1.29 is 0 Å². The van der Waals surface area contributed by atoms with Crippen LogP contribution in [0.15, 0.2) is 15.7 Å². The Hall–Kier alpha value is -1.36. The highest BCUT2D eigenvalue weighted by Gasteiger charge is 2.25. The summed E-state index contributed by atoms with van der Waals surface area (Å²) in [6.45, 7) is 11.4. The topological polar surface area (TPSA) is 56.0 Å². The van der Waals surface area contributed by atoms with Gasteiger partial charge in [-0.05, 0) is 25.7 Å². The van der Waals surface area contributed by atoms with Crippen molar-refractivity contribution in [1.29, 1.82) is 0 Å². The van der Waals surface area contributed by atoms with Crippen LogP contribution in [0.3, 0.4) is 0 Å². The van der Waals surface area contributed by atoms with E-state index in [2.05, 4.69) is 39.9 Å². The van der Waals surface area contributed by atoms with Crippen LogP contribution in [0.5, 0.6) is 0 Å². The van der Waals surface area contributed by atoms with Crippen molar-refractivity contribution in [1.82, 2.24) is 14.5 Å². The van der Waals surface area contributed by atoms with E-state index in [4.69, 9.17) is 0 Å². The molecule has 1 N–H and O–H groups in total. The molecule has 0 bridgehead atoms. The molecule has 0 aliphatic carbocycles. The zero-order valence-corrected chi connectivity index (χ0v) is 13.7. The lowest BCUT2D eigenvalue weighted by Crippen LogP contribution is -2.44. The molecule has 0 aromatic carbocycles. The first-order valence-corrected chi connectivity index (χ1v) is 6.94. The maximum Gasteiger partial charge on any atom is 0.330 e. The smallest absolute Gasteiger partial charge is 0.306 e. The van der Waals surface area contributed by atoms with Gasteiger partial charge in [-0.1, -0.05) is 20.8 Å². The predicted molar refractivity (Wildman–Crippen MR) is 81.9 cm³/mol. The number of nitrogens with zero attached hydrogens (tertiary/aromatic N) is 2. The number of hydrogen-bond donors (Lipinski definition) is 1. The first-order chi connectivity index (χ1) is 8.93. The normalized spacial score (nSPS) is 12.8. The number of rotatable bonds is 4. The molecule has 1 aromatic rings. The Morgan fingerprint density at radius 1 is 1.05 bits per heavy atom. The molecule has 0 saturated heterocycles. The molecule has 0 amide bonds. The van der Waals surface area contributed by atoms with Gasteiger partial charge in [-0.2, -0.15) is 0 Å². The molecule has 0 fully saturated rings. The summed E-state index contributed by atoms with van der Waals surface area (Å²) in [5.41, 5.74) is 0.312. The molecule has 1 heterocycles. The van der Waals surface area contributed by atoms with Gasteiger partial charge in [0.15, 0.2) is 0 Å². The van der Waals surface area contributed by atoms with Crippen molar-refractivity contribution in [2.75, 3.05) is 0 Å². The van der Waals surface area contributed by atoms with E-state index in [1.165, 1.54) is 17.7 Å². The van der Waals surface area contributed by atoms with E-state index in [1.807, 2.05) is 0 Å². The number of nitrogens with one attached hydrogen (secondary N) is 1. The fraction of sp³-hybridized carbons (Fsp3) is 0.733. The summed E-state index contributed by atoms with van der Waals surface area (Å²) in [7, 11) is 3.18. The van der Waals surface area contributed by atoms with Crippen molar-refractivity contribution in [2.45, 2.75) is 53.1 Å². The Labute approximate surface area is 120 Å². The van der Waals surface area contributed by atoms with Gasteiger partial charge in [0, 0.05) is 37.9 Å². The number of aromatic nitrogens is 2. The highest BCUT2D eigenvalue weighted by molar-refractivity contribution is 5.03. The summed E-state index contributed by atoms with van der Waals surface area (Å²) < 4.78 is 2.63. The first-order valence-electron chi connectivity index (χ1n) is 6.94. The second kappa shape index (κ2) is 5.56. The summed E-state index contributed by atoms with van der Waals surface area (Å²) in [5, 5.41) is 3.44. The van der Waals surface area contributed by atoms with Crippen LogP contribution in [0, 0.1) is 5.41 Å². The third-order valence-electron chi connectivity index (χ3n) is 3.35. The Bertz CT molecular complexity index is 589. The minimum Gasteiger partial charge on any atom is -0.306 e. The molecule has 0 radical (unpaired) electrons. The minimum atomic E-state index is -0.289.